The van der Waals surface area contributed by atoms with Crippen molar-refractivity contribution in [2.75, 3.05) is 26.4 Å². The van der Waals surface area contributed by atoms with Crippen LogP contribution in [0.5, 0.6) is 23.0 Å². The Hall–Kier alpha value is -8.96. The molecule has 0 fully saturated rings. The topological polar surface area (TPSA) is 72.2 Å². The van der Waals surface area contributed by atoms with Crippen LogP contribution < -0.4 is 71.2 Å². The summed E-state index contributed by atoms with van der Waals surface area (Å²) < 4.78 is 40.3. The fourth-order valence-electron chi connectivity index (χ4n) is 8.49. The maximum Gasteiger partial charge on any atom is 0.243 e. The molecule has 12 nitrogen and oxygen atoms in total. The van der Waals surface area contributed by atoms with E-state index in [1.807, 2.05) is 205 Å². The summed E-state index contributed by atoms with van der Waals surface area (Å²) in [6.07, 6.45) is 28.5. The van der Waals surface area contributed by atoms with E-state index in [0.717, 1.165) is 118 Å². The zero-order valence-corrected chi connectivity index (χ0v) is 52.5. The Labute approximate surface area is 525 Å². The minimum Gasteiger partial charge on any atom is -1.00 e. The van der Waals surface area contributed by atoms with Gasteiger partial charge >= 0.3 is 0 Å². The second-order valence-corrected chi connectivity index (χ2v) is 21.0. The molecule has 0 aliphatic carbocycles. The average molecular weight is 1280 g/mol. The standard InChI is InChI=1S/C36H36N4O2.C34H34N4O2S.2BrH/c1-37-23-25-39(29-37)21-3-27-41-35-17-13-33(14-18-35)11-9-31-5-7-32(8-6-31)10-12-34-15-19-36(20-16-34)42-28-4-22-40-26-24-38(2)30-40;1-35-21-23-37(27-35)19-3-25-39-31-11-5-29(6-12-31)9-15-33-17-18-34(41-33)16-10-30-7-13-32(14-8-30)40-26-4-20-38-24-22-36(2)28-38;;/h5-8,13-20,23-26,29-30H,3-4,21-22,27-28H2,1-2H3;5-8,11-14,17-18,21-24,27-28H,3-4,19-20,25-26H2,1-2H3;2*1H/q2*+2;;/p-2. The first-order valence-electron chi connectivity index (χ1n) is 27.9. The smallest absolute Gasteiger partial charge is 0.243 e. The lowest BCUT2D eigenvalue weighted by Crippen LogP contribution is -3.00. The molecule has 10 rings (SSSR count). The highest BCUT2D eigenvalue weighted by Crippen LogP contribution is 2.18. The SMILES string of the molecule is C[n+]1ccn(CCCOc2ccc(C#Cc3ccc(C#Cc4ccc(OCCCn5cc[n+](C)c5)cc4)cc3)cc2)c1.C[n+]1ccn(CCCOc2ccc(C#Cc3ccc(C#Cc4ccc(OCCCn5cc[n+](C)c5)cc4)s3)cc2)c1.[Br-].[Br-]. The number of aromatic nitrogens is 8. The molecule has 0 unspecified atom stereocenters. The number of thiophene rings is 1. The molecule has 432 valence electrons. The van der Waals surface area contributed by atoms with Crippen molar-refractivity contribution in [2.24, 2.45) is 28.2 Å². The molecule has 0 atom stereocenters. The number of imidazole rings is 4. The predicted molar refractivity (Wildman–Crippen MR) is 323 cm³/mol. The molecular weight excluding hydrogens is 1210 g/mol. The molecule has 0 spiro atoms. The molecule has 0 aliphatic heterocycles. The first-order valence-corrected chi connectivity index (χ1v) is 28.7. The molecule has 5 aromatic heterocycles. The van der Waals surface area contributed by atoms with Crippen molar-refractivity contribution in [1.29, 1.82) is 0 Å². The van der Waals surface area contributed by atoms with Crippen LogP contribution in [-0.4, -0.2) is 44.7 Å². The van der Waals surface area contributed by atoms with Crippen LogP contribution in [0.2, 0.25) is 0 Å². The summed E-state index contributed by atoms with van der Waals surface area (Å²) >= 11 is 1.60. The number of ether oxygens (including phenoxy) is 4. The Bertz CT molecular complexity index is 3640. The first kappa shape index (κ1) is 63.6. The summed E-state index contributed by atoms with van der Waals surface area (Å²) in [5, 5.41) is 0. The molecule has 0 aliphatic rings. The number of hydrogen-bond acceptors (Lipinski definition) is 5. The summed E-state index contributed by atoms with van der Waals surface area (Å²) in [7, 11) is 8.09. The van der Waals surface area contributed by atoms with Gasteiger partial charge in [0.25, 0.3) is 0 Å². The number of nitrogens with zero attached hydrogens (tertiary/aromatic N) is 8. The van der Waals surface area contributed by atoms with Crippen LogP contribution in [0.25, 0.3) is 0 Å². The highest BCUT2D eigenvalue weighted by Gasteiger charge is 2.06. The minimum absolute atomic E-state index is 0. The van der Waals surface area contributed by atoms with Crippen LogP contribution >= 0.6 is 11.3 Å². The van der Waals surface area contributed by atoms with Gasteiger partial charge in [0.1, 0.15) is 72.6 Å². The van der Waals surface area contributed by atoms with E-state index < -0.39 is 0 Å². The van der Waals surface area contributed by atoms with Crippen LogP contribution in [0.15, 0.2) is 208 Å². The van der Waals surface area contributed by atoms with Gasteiger partial charge < -0.3 is 52.9 Å². The Morgan fingerprint density at radius 1 is 0.306 bits per heavy atom. The van der Waals surface area contributed by atoms with Gasteiger partial charge in [0.15, 0.2) is 0 Å². The van der Waals surface area contributed by atoms with E-state index in [0.29, 0.717) is 26.4 Å². The van der Waals surface area contributed by atoms with Gasteiger partial charge in [0.05, 0.1) is 90.6 Å². The fraction of sp³-hybridized carbons (Fsp3) is 0.229. The summed E-state index contributed by atoms with van der Waals surface area (Å²) in [6.45, 7) is 6.46. The second kappa shape index (κ2) is 34.0. The number of aryl methyl sites for hydroxylation is 8. The number of benzene rings is 5. The van der Waals surface area contributed by atoms with Crippen molar-refractivity contribution in [3.05, 3.63) is 251 Å². The summed E-state index contributed by atoms with van der Waals surface area (Å²) in [5.41, 5.74) is 5.72. The quantitative estimate of drug-likeness (QED) is 0.0668. The largest absolute Gasteiger partial charge is 1.00 e. The van der Waals surface area contributed by atoms with Crippen molar-refractivity contribution in [3.63, 3.8) is 0 Å². The minimum atomic E-state index is 0. The van der Waals surface area contributed by atoms with Gasteiger partial charge in [-0.05, 0) is 133 Å². The third-order valence-electron chi connectivity index (χ3n) is 12.9. The molecule has 0 saturated heterocycles. The Morgan fingerprint density at radius 2 is 0.518 bits per heavy atom. The Morgan fingerprint density at radius 3 is 0.729 bits per heavy atom. The lowest BCUT2D eigenvalue weighted by molar-refractivity contribution is -0.671. The lowest BCUT2D eigenvalue weighted by atomic mass is 10.1. The molecule has 5 aromatic carbocycles. The number of hydrogen-bond donors (Lipinski definition) is 0. The van der Waals surface area contributed by atoms with Crippen molar-refractivity contribution in [2.45, 2.75) is 51.9 Å². The summed E-state index contributed by atoms with van der Waals surface area (Å²) in [4.78, 5) is 1.98. The highest BCUT2D eigenvalue weighted by molar-refractivity contribution is 7.13. The van der Waals surface area contributed by atoms with Crippen LogP contribution in [0.1, 0.15) is 68.8 Å². The average Bonchev–Trinajstić information content (AvgIpc) is 4.46. The molecule has 10 aromatic rings. The van der Waals surface area contributed by atoms with Crippen molar-refractivity contribution >= 4 is 11.3 Å². The Balaban J connectivity index is 0.000000238. The second-order valence-electron chi connectivity index (χ2n) is 19.9. The highest BCUT2D eigenvalue weighted by atomic mass is 79.9. The third-order valence-corrected chi connectivity index (χ3v) is 13.8. The monoisotopic (exact) mass is 1280 g/mol. The van der Waals surface area contributed by atoms with E-state index >= 15 is 0 Å². The third kappa shape index (κ3) is 22.3. The van der Waals surface area contributed by atoms with E-state index in [-0.39, 0.29) is 34.0 Å². The van der Waals surface area contributed by atoms with Crippen LogP contribution in [0.3, 0.4) is 0 Å². The zero-order valence-electron chi connectivity index (χ0n) is 48.5. The van der Waals surface area contributed by atoms with E-state index in [1.165, 1.54) is 0 Å². The van der Waals surface area contributed by atoms with E-state index in [4.69, 9.17) is 18.9 Å². The molecule has 0 saturated carbocycles. The molecule has 5 heterocycles. The van der Waals surface area contributed by atoms with Gasteiger partial charge in [0, 0.05) is 59.1 Å². The van der Waals surface area contributed by atoms with E-state index in [9.17, 15) is 0 Å². The van der Waals surface area contributed by atoms with Gasteiger partial charge in [-0.15, -0.1) is 11.3 Å². The van der Waals surface area contributed by atoms with Crippen molar-refractivity contribution in [1.82, 2.24) is 18.3 Å². The number of halogens is 2. The van der Waals surface area contributed by atoms with Gasteiger partial charge in [0.2, 0.25) is 25.3 Å². The fourth-order valence-corrected chi connectivity index (χ4v) is 9.20. The first-order chi connectivity index (χ1) is 40.7. The molecular formula is C70H70Br2N8O4S+2. The summed E-state index contributed by atoms with van der Waals surface area (Å²) in [6, 6.07) is 43.8. The van der Waals surface area contributed by atoms with Crippen molar-refractivity contribution < 1.29 is 71.2 Å². The zero-order chi connectivity index (χ0) is 57.3. The Kier molecular flexibility index (Phi) is 25.4. The van der Waals surface area contributed by atoms with Gasteiger partial charge in [-0.25, -0.2) is 36.5 Å². The molecule has 15 heteroatoms. The predicted octanol–water partition coefficient (Wildman–Crippen LogP) is 3.42. The van der Waals surface area contributed by atoms with E-state index in [1.54, 1.807) is 11.3 Å². The molecule has 0 radical (unpaired) electrons. The molecule has 0 bridgehead atoms. The molecule has 85 heavy (non-hydrogen) atoms. The van der Waals surface area contributed by atoms with Crippen LogP contribution in [0.4, 0.5) is 0 Å². The molecule has 0 N–H and O–H groups in total. The lowest BCUT2D eigenvalue weighted by Gasteiger charge is -2.05. The van der Waals surface area contributed by atoms with Crippen molar-refractivity contribution in [3.8, 4) is 70.4 Å². The van der Waals surface area contributed by atoms with Gasteiger partial charge in [-0.3, -0.25) is 0 Å². The maximum atomic E-state index is 5.87. The van der Waals surface area contributed by atoms with Gasteiger partial charge in [-0.2, -0.15) is 0 Å². The van der Waals surface area contributed by atoms with Crippen LogP contribution in [0, 0.1) is 47.4 Å². The molecule has 0 amide bonds. The maximum absolute atomic E-state index is 5.87. The number of rotatable bonds is 20. The summed E-state index contributed by atoms with van der Waals surface area (Å²) in [5.74, 6) is 29.4. The normalized spacial score (nSPS) is 10.1. The van der Waals surface area contributed by atoms with Gasteiger partial charge in [-0.1, -0.05) is 47.4 Å². The van der Waals surface area contributed by atoms with E-state index in [2.05, 4.69) is 116 Å². The van der Waals surface area contributed by atoms with Crippen LogP contribution in [-0.2, 0) is 54.4 Å².